The van der Waals surface area contributed by atoms with Gasteiger partial charge in [0.15, 0.2) is 11.2 Å². The van der Waals surface area contributed by atoms with E-state index in [9.17, 15) is 27.6 Å². The number of oxazole rings is 1. The molecule has 222 valence electrons. The maximum absolute atomic E-state index is 13.9. The van der Waals surface area contributed by atoms with Crippen molar-refractivity contribution >= 4 is 51.9 Å². The van der Waals surface area contributed by atoms with E-state index in [1.54, 1.807) is 0 Å². The van der Waals surface area contributed by atoms with Gasteiger partial charge in [0.2, 0.25) is 17.7 Å². The fourth-order valence-electron chi connectivity index (χ4n) is 5.60. The normalized spacial score (nSPS) is 18.6. The molecule has 2 fully saturated rings. The summed E-state index contributed by atoms with van der Waals surface area (Å²) in [4.78, 5) is 50.7. The van der Waals surface area contributed by atoms with Crippen LogP contribution in [0, 0.1) is 5.92 Å². The largest absolute Gasteiger partial charge is 0.447 e. The Morgan fingerprint density at radius 1 is 1.17 bits per heavy atom. The summed E-state index contributed by atoms with van der Waals surface area (Å²) < 4.78 is 48.9. The summed E-state index contributed by atoms with van der Waals surface area (Å²) in [5.41, 5.74) is -2.93. The lowest BCUT2D eigenvalue weighted by Crippen LogP contribution is -2.44. The molecule has 1 amide bonds. The third kappa shape index (κ3) is 5.27. The number of imidazole rings is 1. The van der Waals surface area contributed by atoms with Crippen LogP contribution in [0.25, 0.3) is 11.2 Å². The van der Waals surface area contributed by atoms with Crippen LogP contribution < -0.4 is 26.8 Å². The van der Waals surface area contributed by atoms with Crippen LogP contribution in [0.5, 0.6) is 0 Å². The van der Waals surface area contributed by atoms with Crippen LogP contribution in [0.4, 0.5) is 24.8 Å². The maximum Gasteiger partial charge on any atom is 0.406 e. The Bertz CT molecular complexity index is 1780. The van der Waals surface area contributed by atoms with E-state index in [1.165, 1.54) is 35.2 Å². The van der Waals surface area contributed by atoms with Gasteiger partial charge in [0.05, 0.1) is 16.9 Å². The first-order valence-electron chi connectivity index (χ1n) is 12.9. The van der Waals surface area contributed by atoms with Gasteiger partial charge in [-0.2, -0.15) is 18.2 Å². The van der Waals surface area contributed by atoms with Crippen LogP contribution in [0.15, 0.2) is 44.7 Å². The molecule has 2 unspecified atom stereocenters. The second-order valence-corrected chi connectivity index (χ2v) is 11.0. The van der Waals surface area contributed by atoms with E-state index in [0.717, 1.165) is 13.0 Å². The number of aromatic nitrogens is 5. The molecule has 0 aliphatic carbocycles. The summed E-state index contributed by atoms with van der Waals surface area (Å²) in [5.74, 6) is -0.195. The summed E-state index contributed by atoms with van der Waals surface area (Å²) >= 11 is 12.0. The van der Waals surface area contributed by atoms with Gasteiger partial charge in [-0.05, 0) is 30.5 Å². The van der Waals surface area contributed by atoms with Gasteiger partial charge in [-0.25, -0.2) is 14.3 Å². The van der Waals surface area contributed by atoms with E-state index >= 15 is 0 Å². The summed E-state index contributed by atoms with van der Waals surface area (Å²) in [7, 11) is 0. The minimum atomic E-state index is -4.83. The molecule has 17 heteroatoms. The number of carbonyl (C=O) groups is 1. The van der Waals surface area contributed by atoms with Crippen molar-refractivity contribution in [2.45, 2.75) is 38.3 Å². The number of fused-ring (bicyclic) bond motifs is 2. The second-order valence-electron chi connectivity index (χ2n) is 10.1. The molecule has 12 nitrogen and oxygen atoms in total. The van der Waals surface area contributed by atoms with E-state index in [2.05, 4.69) is 20.6 Å². The standard InChI is InChI=1S/C25H23Cl2F3N8O4/c26-14-1-2-16(15(27)7-14)33-18(39)10-37-22(40)20-21(38(24(37)41)12-25(28,29)30)34-23(36(20)11-19-32-4-6-42-19)35-5-3-13-8-31-9-17(13)35/h1-2,4,6-7,13,17,31H,3,5,8-12H2,(H,33,39). The molecule has 2 N–H and O–H groups in total. The number of alkyl halides is 3. The van der Waals surface area contributed by atoms with E-state index in [1.807, 2.05) is 4.90 Å². The van der Waals surface area contributed by atoms with Crippen LogP contribution in [0.1, 0.15) is 12.3 Å². The predicted molar refractivity (Wildman–Crippen MR) is 147 cm³/mol. The number of carbonyl (C=O) groups excluding carboxylic acids is 1. The number of hydrogen-bond acceptors (Lipinski definition) is 8. The summed E-state index contributed by atoms with van der Waals surface area (Å²) in [6.45, 7) is -0.808. The molecule has 42 heavy (non-hydrogen) atoms. The Morgan fingerprint density at radius 3 is 2.69 bits per heavy atom. The zero-order valence-electron chi connectivity index (χ0n) is 21.7. The third-order valence-corrected chi connectivity index (χ3v) is 7.97. The molecule has 0 radical (unpaired) electrons. The first-order chi connectivity index (χ1) is 20.0. The van der Waals surface area contributed by atoms with Crippen molar-refractivity contribution in [1.82, 2.24) is 29.0 Å². The molecule has 2 aliphatic heterocycles. The lowest BCUT2D eigenvalue weighted by Gasteiger charge is -2.25. The zero-order valence-corrected chi connectivity index (χ0v) is 23.2. The minimum Gasteiger partial charge on any atom is -0.447 e. The van der Waals surface area contributed by atoms with Crippen LogP contribution in [-0.2, 0) is 24.4 Å². The molecule has 4 aromatic rings. The highest BCUT2D eigenvalue weighted by molar-refractivity contribution is 6.36. The van der Waals surface area contributed by atoms with Gasteiger partial charge in [0.1, 0.15) is 25.9 Å². The van der Waals surface area contributed by atoms with Crippen molar-refractivity contribution in [3.05, 3.63) is 67.4 Å². The Labute approximate surface area is 244 Å². The minimum absolute atomic E-state index is 0.00922. The number of benzene rings is 1. The molecule has 0 saturated carbocycles. The average Bonchev–Trinajstić information content (AvgIpc) is 3.71. The SMILES string of the molecule is O=C(Cn1c(=O)c2c(nc(N3CCC4CNCC43)n2Cc2ncco2)n(CC(F)(F)F)c1=O)Nc1ccc(Cl)cc1Cl. The topological polar surface area (TPSA) is 132 Å². The molecule has 6 rings (SSSR count). The molecule has 2 aliphatic rings. The quantitative estimate of drug-likeness (QED) is 0.320. The molecule has 1 aromatic carbocycles. The number of rotatable bonds is 7. The van der Waals surface area contributed by atoms with Gasteiger partial charge in [-0.15, -0.1) is 0 Å². The summed E-state index contributed by atoms with van der Waals surface area (Å²) in [6.07, 6.45) is -1.30. The van der Waals surface area contributed by atoms with Crippen molar-refractivity contribution in [3.8, 4) is 0 Å². The molecule has 3 aromatic heterocycles. The molecule has 2 atom stereocenters. The Hall–Kier alpha value is -3.82. The highest BCUT2D eigenvalue weighted by Crippen LogP contribution is 2.33. The maximum atomic E-state index is 13.9. The number of halogens is 5. The van der Waals surface area contributed by atoms with Crippen LogP contribution in [0.3, 0.4) is 0 Å². The monoisotopic (exact) mass is 626 g/mol. The number of nitrogens with one attached hydrogen (secondary N) is 2. The lowest BCUT2D eigenvalue weighted by atomic mass is 10.1. The fourth-order valence-corrected chi connectivity index (χ4v) is 6.05. The Morgan fingerprint density at radius 2 is 1.98 bits per heavy atom. The number of hydrogen-bond donors (Lipinski definition) is 2. The van der Waals surface area contributed by atoms with Crippen LogP contribution >= 0.6 is 23.2 Å². The average molecular weight is 627 g/mol. The first kappa shape index (κ1) is 28.3. The lowest BCUT2D eigenvalue weighted by molar-refractivity contribution is -0.140. The van der Waals surface area contributed by atoms with Gasteiger partial charge < -0.3 is 20.0 Å². The van der Waals surface area contributed by atoms with Crippen LogP contribution in [-0.4, -0.2) is 61.4 Å². The summed E-state index contributed by atoms with van der Waals surface area (Å²) in [5, 5.41) is 6.16. The highest BCUT2D eigenvalue weighted by atomic mass is 35.5. The van der Waals surface area contributed by atoms with E-state index in [0.29, 0.717) is 27.2 Å². The van der Waals surface area contributed by atoms with Crippen molar-refractivity contribution < 1.29 is 22.4 Å². The second kappa shape index (κ2) is 10.8. The smallest absolute Gasteiger partial charge is 0.406 e. The molecular weight excluding hydrogens is 604 g/mol. The van der Waals surface area contributed by atoms with Crippen LogP contribution in [0.2, 0.25) is 10.0 Å². The summed E-state index contributed by atoms with van der Waals surface area (Å²) in [6, 6.07) is 4.24. The molecule has 0 spiro atoms. The van der Waals surface area contributed by atoms with Crippen molar-refractivity contribution in [2.24, 2.45) is 5.92 Å². The van der Waals surface area contributed by atoms with Crippen molar-refractivity contribution in [3.63, 3.8) is 0 Å². The van der Waals surface area contributed by atoms with Gasteiger partial charge in [0, 0.05) is 30.7 Å². The van der Waals surface area contributed by atoms with Crippen molar-refractivity contribution in [2.75, 3.05) is 29.9 Å². The van der Waals surface area contributed by atoms with E-state index < -0.39 is 42.1 Å². The highest BCUT2D eigenvalue weighted by Gasteiger charge is 2.41. The van der Waals surface area contributed by atoms with Crippen molar-refractivity contribution in [1.29, 1.82) is 0 Å². The van der Waals surface area contributed by atoms with Gasteiger partial charge in [0.25, 0.3) is 5.56 Å². The molecule has 5 heterocycles. The van der Waals surface area contributed by atoms with E-state index in [4.69, 9.17) is 27.6 Å². The number of amides is 1. The molecule has 2 saturated heterocycles. The van der Waals surface area contributed by atoms with Gasteiger partial charge in [-0.3, -0.25) is 18.7 Å². The molecular formula is C25H23Cl2F3N8O4. The first-order valence-corrected chi connectivity index (χ1v) is 13.7. The molecule has 0 bridgehead atoms. The van der Waals surface area contributed by atoms with E-state index in [-0.39, 0.29) is 46.6 Å². The Kier molecular flexibility index (Phi) is 7.27. The predicted octanol–water partition coefficient (Wildman–Crippen LogP) is 2.70. The Balaban J connectivity index is 1.51. The van der Waals surface area contributed by atoms with Gasteiger partial charge >= 0.3 is 11.9 Å². The zero-order chi connectivity index (χ0) is 29.8. The van der Waals surface area contributed by atoms with Gasteiger partial charge in [-0.1, -0.05) is 23.2 Å². The number of anilines is 2. The fraction of sp³-hybridized carbons (Fsp3) is 0.400. The third-order valence-electron chi connectivity index (χ3n) is 7.42. The number of nitrogens with zero attached hydrogens (tertiary/aromatic N) is 6.